The third kappa shape index (κ3) is 50.7. The second-order valence-electron chi connectivity index (χ2n) is 16.8. The molecule has 0 saturated heterocycles. The van der Waals surface area contributed by atoms with Gasteiger partial charge in [-0.2, -0.15) is 0 Å². The highest BCUT2D eigenvalue weighted by atomic mass is 16.6. The van der Waals surface area contributed by atoms with Crippen molar-refractivity contribution in [2.75, 3.05) is 13.2 Å². The quantitative estimate of drug-likeness (QED) is 0.0199. The van der Waals surface area contributed by atoms with Gasteiger partial charge in [0.05, 0.1) is 0 Å². The highest BCUT2D eigenvalue weighted by Crippen LogP contribution is 2.12. The minimum atomic E-state index is -0.830. The lowest BCUT2D eigenvalue weighted by molar-refractivity contribution is -0.166. The Kier molecular flexibility index (Phi) is 49.1. The van der Waals surface area contributed by atoms with Gasteiger partial charge in [-0.3, -0.25) is 14.4 Å². The van der Waals surface area contributed by atoms with E-state index in [0.29, 0.717) is 19.3 Å². The van der Waals surface area contributed by atoms with Crippen molar-refractivity contribution in [1.82, 2.24) is 0 Å². The van der Waals surface area contributed by atoms with E-state index in [0.717, 1.165) is 103 Å². The van der Waals surface area contributed by atoms with Gasteiger partial charge < -0.3 is 14.2 Å². The monoisotopic (exact) mass is 899 g/mol. The Labute approximate surface area is 399 Å². The van der Waals surface area contributed by atoms with Gasteiger partial charge in [-0.15, -0.1) is 0 Å². The van der Waals surface area contributed by atoms with Crippen molar-refractivity contribution in [2.45, 2.75) is 219 Å². The lowest BCUT2D eigenvalue weighted by Gasteiger charge is -2.18. The van der Waals surface area contributed by atoms with E-state index in [-0.39, 0.29) is 44.0 Å². The summed E-state index contributed by atoms with van der Waals surface area (Å²) in [6, 6.07) is 0. The molecule has 6 nitrogen and oxygen atoms in total. The van der Waals surface area contributed by atoms with E-state index in [1.165, 1.54) is 57.8 Å². The zero-order chi connectivity index (χ0) is 47.2. The van der Waals surface area contributed by atoms with Crippen molar-refractivity contribution < 1.29 is 28.6 Å². The predicted octanol–water partition coefficient (Wildman–Crippen LogP) is 17.3. The van der Waals surface area contributed by atoms with E-state index >= 15 is 0 Å². The Morgan fingerprint density at radius 2 is 0.692 bits per heavy atom. The molecule has 0 fully saturated rings. The van der Waals surface area contributed by atoms with E-state index < -0.39 is 6.10 Å². The molecule has 0 aliphatic rings. The number of carbonyl (C=O) groups is 3. The van der Waals surface area contributed by atoms with Gasteiger partial charge in [-0.25, -0.2) is 0 Å². The van der Waals surface area contributed by atoms with E-state index in [1.807, 2.05) is 6.08 Å². The first-order chi connectivity index (χ1) is 32.0. The summed E-state index contributed by atoms with van der Waals surface area (Å²) in [6.45, 7) is 6.36. The van der Waals surface area contributed by atoms with Crippen LogP contribution in [0.2, 0.25) is 0 Å². The summed E-state index contributed by atoms with van der Waals surface area (Å²) in [5, 5.41) is 0. The molecule has 0 heterocycles. The molecule has 0 N–H and O–H groups in total. The zero-order valence-corrected chi connectivity index (χ0v) is 41.7. The standard InChI is InChI=1S/C59H94O6/c1-4-7-10-13-16-19-22-25-27-29-30-32-34-37-40-43-46-49-52-58(61)64-55-56(54-63-57(60)51-48-45-42-39-36-33-24-21-18-15-12-9-6-3)65-59(62)53-50-47-44-41-38-35-31-28-26-23-20-17-14-11-8-5-2/h8,11,16-17,19-20,22,25-30,32-33,35-36,38,42,45,56H,4-7,9-10,12-15,18,21,23-24,31,34,37,39-41,43-44,46-55H2,1-3H3/b11-8-,19-16-,20-17-,25-22-,28-26-,29-27-,32-30-,36-33-,38-35-,45-42-. The van der Waals surface area contributed by atoms with Crippen molar-refractivity contribution in [3.63, 3.8) is 0 Å². The lowest BCUT2D eigenvalue weighted by atomic mass is 10.1. The summed E-state index contributed by atoms with van der Waals surface area (Å²) >= 11 is 0. The molecule has 6 heteroatoms. The second kappa shape index (κ2) is 52.4. The molecule has 0 aromatic rings. The molecule has 0 aromatic heterocycles. The molecule has 0 saturated carbocycles. The van der Waals surface area contributed by atoms with E-state index in [4.69, 9.17) is 14.2 Å². The molecular formula is C59H94O6. The van der Waals surface area contributed by atoms with Crippen LogP contribution in [0.4, 0.5) is 0 Å². The number of ether oxygens (including phenoxy) is 3. The van der Waals surface area contributed by atoms with Gasteiger partial charge in [0.2, 0.25) is 0 Å². The molecule has 366 valence electrons. The van der Waals surface area contributed by atoms with Crippen LogP contribution in [0, 0.1) is 0 Å². The van der Waals surface area contributed by atoms with Gasteiger partial charge in [-0.1, -0.05) is 213 Å². The molecule has 0 aliphatic carbocycles. The largest absolute Gasteiger partial charge is 0.462 e. The first kappa shape index (κ1) is 60.8. The number of carbonyl (C=O) groups excluding carboxylic acids is 3. The van der Waals surface area contributed by atoms with Crippen LogP contribution in [-0.4, -0.2) is 37.2 Å². The third-order valence-electron chi connectivity index (χ3n) is 10.5. The van der Waals surface area contributed by atoms with Crippen molar-refractivity contribution in [3.05, 3.63) is 122 Å². The van der Waals surface area contributed by atoms with Gasteiger partial charge in [0.25, 0.3) is 0 Å². The Hall–Kier alpha value is -4.19. The van der Waals surface area contributed by atoms with E-state index in [9.17, 15) is 14.4 Å². The van der Waals surface area contributed by atoms with Crippen LogP contribution < -0.4 is 0 Å². The number of hydrogen-bond donors (Lipinski definition) is 0. The summed E-state index contributed by atoms with van der Waals surface area (Å²) < 4.78 is 16.7. The molecular weight excluding hydrogens is 805 g/mol. The summed E-state index contributed by atoms with van der Waals surface area (Å²) in [4.78, 5) is 38.0. The average Bonchev–Trinajstić information content (AvgIpc) is 3.30. The van der Waals surface area contributed by atoms with Crippen molar-refractivity contribution in [2.24, 2.45) is 0 Å². The first-order valence-electron chi connectivity index (χ1n) is 26.1. The SMILES string of the molecule is CC/C=C\C/C=C\C/C=C\C/C=C\CCCCCC(=O)OC(COC(=O)CC/C=C\C/C=C\CCCCCCCC)COC(=O)CCCCCCC\C=C/C=C\C=C/C=C\CCCCC. The van der Waals surface area contributed by atoms with Crippen LogP contribution in [0.25, 0.3) is 0 Å². The van der Waals surface area contributed by atoms with E-state index in [1.54, 1.807) is 0 Å². The topological polar surface area (TPSA) is 78.9 Å². The molecule has 0 amide bonds. The van der Waals surface area contributed by atoms with Gasteiger partial charge in [0, 0.05) is 19.3 Å². The van der Waals surface area contributed by atoms with Gasteiger partial charge in [0.1, 0.15) is 13.2 Å². The minimum Gasteiger partial charge on any atom is -0.462 e. The summed E-state index contributed by atoms with van der Waals surface area (Å²) in [5.41, 5.74) is 0. The average molecular weight is 899 g/mol. The normalized spacial score (nSPS) is 13.1. The number of esters is 3. The third-order valence-corrected chi connectivity index (χ3v) is 10.5. The second-order valence-corrected chi connectivity index (χ2v) is 16.8. The predicted molar refractivity (Wildman–Crippen MR) is 279 cm³/mol. The van der Waals surface area contributed by atoms with Crippen molar-refractivity contribution >= 4 is 17.9 Å². The molecule has 1 unspecified atom stereocenters. The Bertz CT molecular complexity index is 1400. The van der Waals surface area contributed by atoms with Crippen LogP contribution in [0.1, 0.15) is 213 Å². The molecule has 0 radical (unpaired) electrons. The number of hydrogen-bond acceptors (Lipinski definition) is 6. The molecule has 0 aliphatic heterocycles. The molecule has 1 atom stereocenters. The number of rotatable bonds is 45. The van der Waals surface area contributed by atoms with Crippen LogP contribution in [0.15, 0.2) is 122 Å². The van der Waals surface area contributed by atoms with Crippen LogP contribution >= 0.6 is 0 Å². The fourth-order valence-corrected chi connectivity index (χ4v) is 6.61. The van der Waals surface area contributed by atoms with E-state index in [2.05, 4.69) is 136 Å². The van der Waals surface area contributed by atoms with Gasteiger partial charge in [0.15, 0.2) is 6.10 Å². The number of unbranched alkanes of at least 4 members (excludes halogenated alkanes) is 17. The molecule has 0 bridgehead atoms. The van der Waals surface area contributed by atoms with Crippen LogP contribution in [0.3, 0.4) is 0 Å². The maximum Gasteiger partial charge on any atom is 0.306 e. The smallest absolute Gasteiger partial charge is 0.306 e. The highest BCUT2D eigenvalue weighted by molar-refractivity contribution is 5.71. The zero-order valence-electron chi connectivity index (χ0n) is 41.7. The summed E-state index contributed by atoms with van der Waals surface area (Å²) in [5.74, 6) is -1.05. The van der Waals surface area contributed by atoms with Crippen LogP contribution in [-0.2, 0) is 28.6 Å². The fourth-order valence-electron chi connectivity index (χ4n) is 6.61. The summed E-state index contributed by atoms with van der Waals surface area (Å²) in [6.07, 6.45) is 71.9. The van der Waals surface area contributed by atoms with Crippen LogP contribution in [0.5, 0.6) is 0 Å². The Morgan fingerprint density at radius 1 is 0.338 bits per heavy atom. The van der Waals surface area contributed by atoms with Gasteiger partial charge in [-0.05, 0) is 103 Å². The Balaban J connectivity index is 4.57. The van der Waals surface area contributed by atoms with Crippen molar-refractivity contribution in [1.29, 1.82) is 0 Å². The molecule has 0 aromatic carbocycles. The maximum absolute atomic E-state index is 12.8. The Morgan fingerprint density at radius 3 is 1.22 bits per heavy atom. The fraction of sp³-hybridized carbons (Fsp3) is 0.610. The first-order valence-corrected chi connectivity index (χ1v) is 26.1. The maximum atomic E-state index is 12.8. The van der Waals surface area contributed by atoms with Crippen molar-refractivity contribution in [3.8, 4) is 0 Å². The molecule has 65 heavy (non-hydrogen) atoms. The van der Waals surface area contributed by atoms with Gasteiger partial charge >= 0.3 is 17.9 Å². The molecule has 0 spiro atoms. The number of allylic oxidation sites excluding steroid dienone is 20. The minimum absolute atomic E-state index is 0.124. The summed E-state index contributed by atoms with van der Waals surface area (Å²) in [7, 11) is 0. The highest BCUT2D eigenvalue weighted by Gasteiger charge is 2.19. The molecule has 0 rings (SSSR count). The lowest BCUT2D eigenvalue weighted by Crippen LogP contribution is -2.30.